The van der Waals surface area contributed by atoms with Gasteiger partial charge in [-0.3, -0.25) is 0 Å². The van der Waals surface area contributed by atoms with Crippen molar-refractivity contribution in [3.63, 3.8) is 0 Å². The molecule has 0 aromatic heterocycles. The molecule has 66 valence electrons. The van der Waals surface area contributed by atoms with Crippen molar-refractivity contribution >= 4 is 0 Å². The number of aliphatic hydroxyl groups is 4. The van der Waals surface area contributed by atoms with Gasteiger partial charge in [0.25, 0.3) is 0 Å². The van der Waals surface area contributed by atoms with E-state index >= 15 is 0 Å². The Labute approximate surface area is 63.8 Å². The molecular formula is C6H12O5. The molecule has 4 atom stereocenters. The lowest BCUT2D eigenvalue weighted by Crippen LogP contribution is -2.49. The van der Waals surface area contributed by atoms with Crippen LogP contribution in [0.25, 0.3) is 0 Å². The standard InChI is InChI=1S/C6H12O5/c7-2-3-1-4(8)5(9)6(10)11-3/h3-10H,1-2H2/t3?,4?,5-,6+/m0/s1. The largest absolute Gasteiger partial charge is 0.394 e. The number of ether oxygens (including phenoxy) is 1. The van der Waals surface area contributed by atoms with E-state index < -0.39 is 24.6 Å². The molecule has 0 amide bonds. The molecule has 1 aliphatic rings. The lowest BCUT2D eigenvalue weighted by atomic mass is 10.0. The zero-order valence-electron chi connectivity index (χ0n) is 5.92. The molecule has 1 fully saturated rings. The predicted octanol–water partition coefficient (Wildman–Crippen LogP) is -2.19. The van der Waals surface area contributed by atoms with Crippen LogP contribution in [-0.2, 0) is 4.74 Å². The van der Waals surface area contributed by atoms with Crippen LogP contribution in [0.1, 0.15) is 6.42 Å². The summed E-state index contributed by atoms with van der Waals surface area (Å²) in [5, 5.41) is 35.5. The maximum atomic E-state index is 9.05. The monoisotopic (exact) mass is 164 g/mol. The first-order chi connectivity index (χ1) is 5.15. The Morgan fingerprint density at radius 3 is 2.36 bits per heavy atom. The third-order valence-electron chi connectivity index (χ3n) is 1.73. The SMILES string of the molecule is OCC1CC(O)[C@H](O)[C@H](O)O1. The first-order valence-corrected chi connectivity index (χ1v) is 3.45. The lowest BCUT2D eigenvalue weighted by Gasteiger charge is -2.33. The van der Waals surface area contributed by atoms with Gasteiger partial charge in [-0.2, -0.15) is 0 Å². The second kappa shape index (κ2) is 3.46. The molecule has 4 N–H and O–H groups in total. The summed E-state index contributed by atoms with van der Waals surface area (Å²) in [6, 6.07) is 0. The molecule has 1 aliphatic heterocycles. The van der Waals surface area contributed by atoms with Crippen molar-refractivity contribution in [2.24, 2.45) is 0 Å². The van der Waals surface area contributed by atoms with Crippen LogP contribution in [0.15, 0.2) is 0 Å². The molecule has 5 nitrogen and oxygen atoms in total. The minimum atomic E-state index is -1.39. The van der Waals surface area contributed by atoms with Crippen molar-refractivity contribution in [2.45, 2.75) is 31.0 Å². The molecule has 0 spiro atoms. The minimum Gasteiger partial charge on any atom is -0.394 e. The fourth-order valence-electron chi connectivity index (χ4n) is 1.05. The highest BCUT2D eigenvalue weighted by Gasteiger charge is 2.34. The maximum Gasteiger partial charge on any atom is 0.183 e. The summed E-state index contributed by atoms with van der Waals surface area (Å²) in [5.41, 5.74) is 0. The first kappa shape index (κ1) is 8.89. The first-order valence-electron chi connectivity index (χ1n) is 3.45. The van der Waals surface area contributed by atoms with Gasteiger partial charge in [0.05, 0.1) is 18.8 Å². The molecule has 0 bridgehead atoms. The van der Waals surface area contributed by atoms with Crippen LogP contribution in [0.3, 0.4) is 0 Å². The Balaban J connectivity index is 2.47. The maximum absolute atomic E-state index is 9.05. The summed E-state index contributed by atoms with van der Waals surface area (Å²) in [6.07, 6.45) is -4.11. The van der Waals surface area contributed by atoms with Crippen LogP contribution in [0.4, 0.5) is 0 Å². The summed E-state index contributed by atoms with van der Waals surface area (Å²) < 4.78 is 4.71. The van der Waals surface area contributed by atoms with Crippen molar-refractivity contribution in [1.82, 2.24) is 0 Å². The van der Waals surface area contributed by atoms with Crippen molar-refractivity contribution in [3.05, 3.63) is 0 Å². The molecule has 2 unspecified atom stereocenters. The summed E-state index contributed by atoms with van der Waals surface area (Å²) in [4.78, 5) is 0. The van der Waals surface area contributed by atoms with Gasteiger partial charge in [-0.15, -0.1) is 0 Å². The molecule has 5 heteroatoms. The normalized spacial score (nSPS) is 45.8. The van der Waals surface area contributed by atoms with Gasteiger partial charge in [-0.1, -0.05) is 0 Å². The average molecular weight is 164 g/mol. The van der Waals surface area contributed by atoms with E-state index in [9.17, 15) is 0 Å². The number of hydrogen-bond acceptors (Lipinski definition) is 5. The molecule has 0 aromatic rings. The smallest absolute Gasteiger partial charge is 0.183 e. The molecular weight excluding hydrogens is 152 g/mol. The third-order valence-corrected chi connectivity index (χ3v) is 1.73. The van der Waals surface area contributed by atoms with E-state index in [1.807, 2.05) is 0 Å². The van der Waals surface area contributed by atoms with Crippen LogP contribution in [0, 0.1) is 0 Å². The van der Waals surface area contributed by atoms with Gasteiger partial charge < -0.3 is 25.2 Å². The molecule has 0 aromatic carbocycles. The van der Waals surface area contributed by atoms with Crippen molar-refractivity contribution in [1.29, 1.82) is 0 Å². The highest BCUT2D eigenvalue weighted by Crippen LogP contribution is 2.17. The Morgan fingerprint density at radius 1 is 1.27 bits per heavy atom. The van der Waals surface area contributed by atoms with Crippen LogP contribution in [0.5, 0.6) is 0 Å². The topological polar surface area (TPSA) is 90.2 Å². The van der Waals surface area contributed by atoms with Gasteiger partial charge >= 0.3 is 0 Å². The minimum absolute atomic E-state index is 0.148. The Kier molecular flexibility index (Phi) is 2.80. The fraction of sp³-hybridized carbons (Fsp3) is 1.00. The summed E-state index contributed by atoms with van der Waals surface area (Å²) in [7, 11) is 0. The van der Waals surface area contributed by atoms with Crippen LogP contribution in [0.2, 0.25) is 0 Å². The highest BCUT2D eigenvalue weighted by molar-refractivity contribution is 4.79. The quantitative estimate of drug-likeness (QED) is 0.353. The van der Waals surface area contributed by atoms with Gasteiger partial charge in [-0.25, -0.2) is 0 Å². The zero-order chi connectivity index (χ0) is 8.43. The van der Waals surface area contributed by atoms with E-state index in [-0.39, 0.29) is 13.0 Å². The number of hydrogen-bond donors (Lipinski definition) is 4. The Hall–Kier alpha value is -0.200. The molecule has 1 saturated heterocycles. The number of aliphatic hydroxyl groups excluding tert-OH is 4. The van der Waals surface area contributed by atoms with E-state index in [0.29, 0.717) is 0 Å². The van der Waals surface area contributed by atoms with E-state index in [1.165, 1.54) is 0 Å². The Morgan fingerprint density at radius 2 is 1.91 bits per heavy atom. The van der Waals surface area contributed by atoms with Crippen molar-refractivity contribution < 1.29 is 25.2 Å². The van der Waals surface area contributed by atoms with E-state index in [2.05, 4.69) is 0 Å². The van der Waals surface area contributed by atoms with Crippen molar-refractivity contribution in [2.75, 3.05) is 6.61 Å². The van der Waals surface area contributed by atoms with Gasteiger partial charge in [0.1, 0.15) is 6.10 Å². The third kappa shape index (κ3) is 1.88. The second-order valence-electron chi connectivity index (χ2n) is 2.62. The van der Waals surface area contributed by atoms with Crippen molar-refractivity contribution in [3.8, 4) is 0 Å². The molecule has 0 aliphatic carbocycles. The highest BCUT2D eigenvalue weighted by atomic mass is 16.6. The van der Waals surface area contributed by atoms with Crippen LogP contribution >= 0.6 is 0 Å². The summed E-state index contributed by atoms with van der Waals surface area (Å²) in [6.45, 7) is -0.263. The van der Waals surface area contributed by atoms with E-state index in [4.69, 9.17) is 25.2 Å². The van der Waals surface area contributed by atoms with E-state index in [0.717, 1.165) is 0 Å². The summed E-state index contributed by atoms with van der Waals surface area (Å²) >= 11 is 0. The van der Waals surface area contributed by atoms with Gasteiger partial charge in [-0.05, 0) is 0 Å². The van der Waals surface area contributed by atoms with Crippen LogP contribution in [-0.4, -0.2) is 51.6 Å². The molecule has 0 saturated carbocycles. The molecule has 0 radical (unpaired) electrons. The lowest BCUT2D eigenvalue weighted by molar-refractivity contribution is -0.251. The molecule has 1 heterocycles. The van der Waals surface area contributed by atoms with Gasteiger partial charge in [0, 0.05) is 6.42 Å². The zero-order valence-corrected chi connectivity index (χ0v) is 5.92. The fourth-order valence-corrected chi connectivity index (χ4v) is 1.05. The number of rotatable bonds is 1. The molecule has 1 rings (SSSR count). The van der Waals surface area contributed by atoms with Gasteiger partial charge in [0.15, 0.2) is 6.29 Å². The predicted molar refractivity (Wildman–Crippen MR) is 34.6 cm³/mol. The Bertz CT molecular complexity index is 116. The van der Waals surface area contributed by atoms with Gasteiger partial charge in [0.2, 0.25) is 0 Å². The average Bonchev–Trinajstić information content (AvgIpc) is 1.99. The summed E-state index contributed by atoms with van der Waals surface area (Å²) in [5.74, 6) is 0. The molecule has 11 heavy (non-hydrogen) atoms. The van der Waals surface area contributed by atoms with E-state index in [1.54, 1.807) is 0 Å². The van der Waals surface area contributed by atoms with Crippen LogP contribution < -0.4 is 0 Å². The second-order valence-corrected chi connectivity index (χ2v) is 2.62.